The molecule has 7 nitrogen and oxygen atoms in total. The lowest BCUT2D eigenvalue weighted by Crippen LogP contribution is -2.51. The predicted octanol–water partition coefficient (Wildman–Crippen LogP) is 1.67. The lowest BCUT2D eigenvalue weighted by atomic mass is 10.0. The van der Waals surface area contributed by atoms with Gasteiger partial charge in [0.25, 0.3) is 0 Å². The predicted molar refractivity (Wildman–Crippen MR) is 97.0 cm³/mol. The van der Waals surface area contributed by atoms with Crippen LogP contribution in [0.2, 0.25) is 0 Å². The quantitative estimate of drug-likeness (QED) is 0.693. The molecule has 2 rings (SSSR count). The molecule has 2 atom stereocenters. The molecule has 1 fully saturated rings. The number of anilines is 1. The maximum Gasteiger partial charge on any atom is 0.315 e. The van der Waals surface area contributed by atoms with Gasteiger partial charge in [0.15, 0.2) is 9.84 Å². The van der Waals surface area contributed by atoms with E-state index in [1.54, 1.807) is 6.07 Å². The van der Waals surface area contributed by atoms with Gasteiger partial charge >= 0.3 is 6.03 Å². The van der Waals surface area contributed by atoms with Crippen molar-refractivity contribution in [2.24, 2.45) is 5.92 Å². The summed E-state index contributed by atoms with van der Waals surface area (Å²) in [6, 6.07) is 3.83. The zero-order chi connectivity index (χ0) is 19.3. The summed E-state index contributed by atoms with van der Waals surface area (Å²) in [6.45, 7) is 3.79. The van der Waals surface area contributed by atoms with Crippen molar-refractivity contribution in [2.75, 3.05) is 16.8 Å². The van der Waals surface area contributed by atoms with Crippen LogP contribution >= 0.6 is 0 Å². The van der Waals surface area contributed by atoms with Crippen molar-refractivity contribution in [1.29, 1.82) is 0 Å². The minimum Gasteiger partial charge on any atom is -0.334 e. The standard InChI is InChI=1S/C17H24FN3O4S/c1-11(2)9-15(16(22)20-14-6-4-3-5-13(14)18)21-17(23)19-12-7-8-26(24,25)10-12/h3-6,11-12,15H,7-10H2,1-2H3,(H,20,22)(H2,19,21,23)/t12-,15+/m1/s1. The topological polar surface area (TPSA) is 104 Å². The normalized spacial score (nSPS) is 19.8. The Kier molecular flexibility index (Phi) is 6.57. The Morgan fingerprint density at radius 1 is 1.27 bits per heavy atom. The van der Waals surface area contributed by atoms with Gasteiger partial charge in [-0.1, -0.05) is 26.0 Å². The number of urea groups is 1. The van der Waals surface area contributed by atoms with E-state index in [4.69, 9.17) is 0 Å². The first kappa shape index (κ1) is 20.2. The van der Waals surface area contributed by atoms with Gasteiger partial charge in [0.2, 0.25) is 5.91 Å². The van der Waals surface area contributed by atoms with Crippen LogP contribution < -0.4 is 16.0 Å². The molecule has 9 heteroatoms. The molecule has 26 heavy (non-hydrogen) atoms. The van der Waals surface area contributed by atoms with E-state index in [2.05, 4.69) is 16.0 Å². The molecule has 0 unspecified atom stereocenters. The van der Waals surface area contributed by atoms with Crippen LogP contribution in [0, 0.1) is 11.7 Å². The Bertz CT molecular complexity index is 767. The average Bonchev–Trinajstić information content (AvgIpc) is 2.87. The molecular weight excluding hydrogens is 361 g/mol. The highest BCUT2D eigenvalue weighted by molar-refractivity contribution is 7.91. The number of amides is 3. The minimum atomic E-state index is -3.11. The zero-order valence-electron chi connectivity index (χ0n) is 14.8. The van der Waals surface area contributed by atoms with Gasteiger partial charge in [-0.05, 0) is 30.9 Å². The van der Waals surface area contributed by atoms with Gasteiger partial charge in [0.1, 0.15) is 11.9 Å². The van der Waals surface area contributed by atoms with E-state index in [1.165, 1.54) is 18.2 Å². The minimum absolute atomic E-state index is 0.0374. The number of carbonyl (C=O) groups is 2. The molecule has 0 aromatic heterocycles. The number of halogens is 1. The van der Waals surface area contributed by atoms with E-state index < -0.39 is 39.7 Å². The molecule has 144 valence electrons. The number of benzene rings is 1. The summed E-state index contributed by atoms with van der Waals surface area (Å²) in [7, 11) is -3.11. The second-order valence-electron chi connectivity index (χ2n) is 6.87. The average molecular weight is 385 g/mol. The molecule has 1 heterocycles. The van der Waals surface area contributed by atoms with Gasteiger partial charge in [-0.3, -0.25) is 4.79 Å². The molecule has 1 aliphatic rings. The Morgan fingerprint density at radius 3 is 2.54 bits per heavy atom. The first-order valence-electron chi connectivity index (χ1n) is 8.49. The molecule has 1 aromatic carbocycles. The van der Waals surface area contributed by atoms with Crippen LogP contribution in [-0.2, 0) is 14.6 Å². The van der Waals surface area contributed by atoms with Crippen molar-refractivity contribution in [3.63, 3.8) is 0 Å². The second kappa shape index (κ2) is 8.48. The Morgan fingerprint density at radius 2 is 1.96 bits per heavy atom. The molecule has 1 saturated heterocycles. The van der Waals surface area contributed by atoms with Gasteiger partial charge in [0, 0.05) is 6.04 Å². The van der Waals surface area contributed by atoms with E-state index in [0.29, 0.717) is 12.8 Å². The SMILES string of the molecule is CC(C)C[C@H](NC(=O)N[C@@H]1CCS(=O)(=O)C1)C(=O)Nc1ccccc1F. The fourth-order valence-electron chi connectivity index (χ4n) is 2.78. The van der Waals surface area contributed by atoms with Crippen molar-refractivity contribution >= 4 is 27.5 Å². The Hall–Kier alpha value is -2.16. The van der Waals surface area contributed by atoms with Crippen molar-refractivity contribution in [3.05, 3.63) is 30.1 Å². The molecule has 3 N–H and O–H groups in total. The fraction of sp³-hybridized carbons (Fsp3) is 0.529. The maximum atomic E-state index is 13.7. The van der Waals surface area contributed by atoms with Crippen molar-refractivity contribution in [1.82, 2.24) is 10.6 Å². The summed E-state index contributed by atoms with van der Waals surface area (Å²) in [4.78, 5) is 24.6. The molecule has 0 radical (unpaired) electrons. The van der Waals surface area contributed by atoms with Gasteiger partial charge < -0.3 is 16.0 Å². The fourth-order valence-corrected chi connectivity index (χ4v) is 4.45. The molecule has 1 aromatic rings. The summed E-state index contributed by atoms with van der Waals surface area (Å²) >= 11 is 0. The summed E-state index contributed by atoms with van der Waals surface area (Å²) in [5.41, 5.74) is 0.0374. The number of nitrogens with one attached hydrogen (secondary N) is 3. The third-order valence-electron chi connectivity index (χ3n) is 4.03. The van der Waals surface area contributed by atoms with Crippen LogP contribution in [0.3, 0.4) is 0 Å². The second-order valence-corrected chi connectivity index (χ2v) is 9.10. The van der Waals surface area contributed by atoms with E-state index in [-0.39, 0.29) is 23.1 Å². The summed E-state index contributed by atoms with van der Waals surface area (Å²) in [5, 5.41) is 7.62. The first-order chi connectivity index (χ1) is 12.2. The van der Waals surface area contributed by atoms with E-state index in [0.717, 1.165) is 0 Å². The largest absolute Gasteiger partial charge is 0.334 e. The third kappa shape index (κ3) is 5.98. The van der Waals surface area contributed by atoms with Crippen LogP contribution in [0.4, 0.5) is 14.9 Å². The first-order valence-corrected chi connectivity index (χ1v) is 10.3. The van der Waals surface area contributed by atoms with Crippen LogP contribution in [0.15, 0.2) is 24.3 Å². The van der Waals surface area contributed by atoms with Crippen molar-refractivity contribution in [3.8, 4) is 0 Å². The molecule has 0 spiro atoms. The summed E-state index contributed by atoms with van der Waals surface area (Å²) < 4.78 is 36.6. The molecule has 1 aliphatic heterocycles. The zero-order valence-corrected chi connectivity index (χ0v) is 15.6. The number of hydrogen-bond acceptors (Lipinski definition) is 4. The van der Waals surface area contributed by atoms with E-state index in [9.17, 15) is 22.4 Å². The smallest absolute Gasteiger partial charge is 0.315 e. The van der Waals surface area contributed by atoms with E-state index in [1.807, 2.05) is 13.8 Å². The monoisotopic (exact) mass is 385 g/mol. The number of sulfone groups is 1. The van der Waals surface area contributed by atoms with Crippen LogP contribution in [0.25, 0.3) is 0 Å². The van der Waals surface area contributed by atoms with Gasteiger partial charge in [0.05, 0.1) is 17.2 Å². The van der Waals surface area contributed by atoms with Gasteiger partial charge in [-0.25, -0.2) is 17.6 Å². The highest BCUT2D eigenvalue weighted by Crippen LogP contribution is 2.15. The number of carbonyl (C=O) groups excluding carboxylic acids is 2. The Balaban J connectivity index is 1.98. The molecule has 0 bridgehead atoms. The lowest BCUT2D eigenvalue weighted by molar-refractivity contribution is -0.118. The highest BCUT2D eigenvalue weighted by Gasteiger charge is 2.30. The molecule has 0 saturated carbocycles. The lowest BCUT2D eigenvalue weighted by Gasteiger charge is -2.21. The molecule has 3 amide bonds. The highest BCUT2D eigenvalue weighted by atomic mass is 32.2. The Labute approximate surface area is 152 Å². The van der Waals surface area contributed by atoms with Crippen molar-refractivity contribution in [2.45, 2.75) is 38.8 Å². The van der Waals surface area contributed by atoms with Crippen LogP contribution in [0.1, 0.15) is 26.7 Å². The number of para-hydroxylation sites is 1. The van der Waals surface area contributed by atoms with E-state index >= 15 is 0 Å². The molecule has 0 aliphatic carbocycles. The van der Waals surface area contributed by atoms with Gasteiger partial charge in [-0.15, -0.1) is 0 Å². The molecular formula is C17H24FN3O4S. The summed E-state index contributed by atoms with van der Waals surface area (Å²) in [5.74, 6) is -1.04. The number of rotatable bonds is 6. The third-order valence-corrected chi connectivity index (χ3v) is 5.80. The van der Waals surface area contributed by atoms with Crippen molar-refractivity contribution < 1.29 is 22.4 Å². The summed E-state index contributed by atoms with van der Waals surface area (Å²) in [6.07, 6.45) is 0.711. The maximum absolute atomic E-state index is 13.7. The van der Waals surface area contributed by atoms with Crippen LogP contribution in [-0.4, -0.2) is 43.9 Å². The number of hydrogen-bond donors (Lipinski definition) is 3. The van der Waals surface area contributed by atoms with Crippen LogP contribution in [0.5, 0.6) is 0 Å². The van der Waals surface area contributed by atoms with Gasteiger partial charge in [-0.2, -0.15) is 0 Å².